The normalized spacial score (nSPS) is 16.2. The minimum atomic E-state index is -0.0952. The third-order valence-electron chi connectivity index (χ3n) is 4.95. The van der Waals surface area contributed by atoms with Crippen LogP contribution in [0.3, 0.4) is 0 Å². The van der Waals surface area contributed by atoms with Gasteiger partial charge in [0.1, 0.15) is 0 Å². The van der Waals surface area contributed by atoms with Crippen LogP contribution in [0.5, 0.6) is 0 Å². The largest absolute Gasteiger partial charge is 0.384 e. The fourth-order valence-corrected chi connectivity index (χ4v) is 2.89. The van der Waals surface area contributed by atoms with Gasteiger partial charge >= 0.3 is 0 Å². The van der Waals surface area contributed by atoms with Crippen molar-refractivity contribution < 1.29 is 9.59 Å². The van der Waals surface area contributed by atoms with Crippen molar-refractivity contribution in [2.45, 2.75) is 40.0 Å². The van der Waals surface area contributed by atoms with Gasteiger partial charge in [0.05, 0.1) is 0 Å². The molecular formula is C22H35N3O2. The van der Waals surface area contributed by atoms with E-state index >= 15 is 0 Å². The minimum Gasteiger partial charge on any atom is -0.384 e. The van der Waals surface area contributed by atoms with Crippen LogP contribution in [0.4, 0.5) is 0 Å². The van der Waals surface area contributed by atoms with E-state index in [4.69, 9.17) is 0 Å². The van der Waals surface area contributed by atoms with Crippen molar-refractivity contribution in [3.63, 3.8) is 0 Å². The molecule has 2 N–H and O–H groups in total. The molecule has 0 radical (unpaired) electrons. The fourth-order valence-electron chi connectivity index (χ4n) is 2.89. The summed E-state index contributed by atoms with van der Waals surface area (Å²) in [4.78, 5) is 27.0. The molecule has 0 bridgehead atoms. The zero-order valence-electron chi connectivity index (χ0n) is 17.2. The van der Waals surface area contributed by atoms with Crippen molar-refractivity contribution in [3.8, 4) is 0 Å². The van der Waals surface area contributed by atoms with Gasteiger partial charge < -0.3 is 15.5 Å². The molecule has 1 rings (SSSR count). The maximum absolute atomic E-state index is 12.9. The first-order valence-corrected chi connectivity index (χ1v) is 9.81. The quantitative estimate of drug-likeness (QED) is 0.332. The van der Waals surface area contributed by atoms with Crippen LogP contribution in [0.25, 0.3) is 0 Å². The van der Waals surface area contributed by atoms with E-state index in [2.05, 4.69) is 30.4 Å². The second-order valence-electron chi connectivity index (χ2n) is 7.09. The first-order valence-electron chi connectivity index (χ1n) is 9.81. The van der Waals surface area contributed by atoms with E-state index in [-0.39, 0.29) is 17.6 Å². The van der Waals surface area contributed by atoms with Gasteiger partial charge in [0.15, 0.2) is 5.78 Å². The minimum absolute atomic E-state index is 0.0461. The van der Waals surface area contributed by atoms with Gasteiger partial charge in [-0.2, -0.15) is 0 Å². The Bertz CT molecular complexity index is 613. The van der Waals surface area contributed by atoms with Gasteiger partial charge in [-0.25, -0.2) is 0 Å². The zero-order chi connectivity index (χ0) is 20.4. The van der Waals surface area contributed by atoms with Crippen LogP contribution in [0.1, 0.15) is 40.0 Å². The molecule has 1 amide bonds. The van der Waals surface area contributed by atoms with Gasteiger partial charge in [0, 0.05) is 56.3 Å². The van der Waals surface area contributed by atoms with Crippen molar-refractivity contribution in [3.05, 3.63) is 48.2 Å². The number of piperazine rings is 1. The highest BCUT2D eigenvalue weighted by Crippen LogP contribution is 2.24. The number of amides is 1. The topological polar surface area (TPSA) is 61.4 Å². The molecule has 5 nitrogen and oxygen atoms in total. The Morgan fingerprint density at radius 2 is 1.89 bits per heavy atom. The van der Waals surface area contributed by atoms with E-state index in [1.165, 1.54) is 0 Å². The molecule has 1 atom stereocenters. The average molecular weight is 374 g/mol. The van der Waals surface area contributed by atoms with Crippen LogP contribution < -0.4 is 10.6 Å². The van der Waals surface area contributed by atoms with Gasteiger partial charge in [-0.1, -0.05) is 39.2 Å². The molecule has 1 aliphatic rings. The standard InChI is InChI=1S/C22H35N3O2/c1-7-17(5)22(27)21(18(6)16(3)4)19(8-2)24-11-9-10-20(26)25-14-12-23-13-15-25/h8,17,23-24H,2-3,6-7,9-15H2,1,4-5H3/b21-19-. The first-order chi connectivity index (χ1) is 12.8. The summed E-state index contributed by atoms with van der Waals surface area (Å²) < 4.78 is 0. The van der Waals surface area contributed by atoms with Crippen molar-refractivity contribution >= 4 is 11.7 Å². The zero-order valence-corrected chi connectivity index (χ0v) is 17.2. The van der Waals surface area contributed by atoms with Crippen LogP contribution in [-0.4, -0.2) is 49.3 Å². The predicted molar refractivity (Wildman–Crippen MR) is 112 cm³/mol. The van der Waals surface area contributed by atoms with Crippen molar-refractivity contribution in [2.75, 3.05) is 32.7 Å². The number of allylic oxidation sites excluding steroid dienone is 4. The molecule has 0 saturated carbocycles. The summed E-state index contributed by atoms with van der Waals surface area (Å²) in [6.07, 6.45) is 3.61. The second-order valence-corrected chi connectivity index (χ2v) is 7.09. The maximum atomic E-state index is 12.9. The lowest BCUT2D eigenvalue weighted by atomic mass is 9.88. The Morgan fingerprint density at radius 3 is 2.41 bits per heavy atom. The summed E-state index contributed by atoms with van der Waals surface area (Å²) in [6.45, 7) is 21.4. The molecule has 1 aliphatic heterocycles. The predicted octanol–water partition coefficient (Wildman–Crippen LogP) is 2.98. The number of nitrogens with zero attached hydrogens (tertiary/aromatic N) is 1. The molecular weight excluding hydrogens is 338 g/mol. The molecule has 0 aromatic carbocycles. The third-order valence-corrected chi connectivity index (χ3v) is 4.95. The summed E-state index contributed by atoms with van der Waals surface area (Å²) in [5.41, 5.74) is 2.62. The Labute approximate surface area is 164 Å². The van der Waals surface area contributed by atoms with E-state index in [0.717, 1.165) is 38.2 Å². The maximum Gasteiger partial charge on any atom is 0.222 e. The van der Waals surface area contributed by atoms with E-state index < -0.39 is 0 Å². The first kappa shape index (κ1) is 22.9. The van der Waals surface area contributed by atoms with Crippen molar-refractivity contribution in [1.29, 1.82) is 0 Å². The molecule has 5 heteroatoms. The molecule has 0 aromatic rings. The number of Topliss-reactive ketones (excluding diaryl/α,β-unsaturated/α-hetero) is 1. The number of hydrogen-bond acceptors (Lipinski definition) is 4. The summed E-state index contributed by atoms with van der Waals surface area (Å²) >= 11 is 0. The van der Waals surface area contributed by atoms with Gasteiger partial charge in [0.2, 0.25) is 5.91 Å². The van der Waals surface area contributed by atoms with E-state index in [1.807, 2.05) is 25.7 Å². The second kappa shape index (κ2) is 11.5. The molecule has 0 spiro atoms. The van der Waals surface area contributed by atoms with Gasteiger partial charge in [-0.15, -0.1) is 0 Å². The Hall–Kier alpha value is -2.14. The molecule has 1 fully saturated rings. The summed E-state index contributed by atoms with van der Waals surface area (Å²) in [7, 11) is 0. The SMILES string of the molecule is C=C/C(NCCCC(=O)N1CCNCC1)=C(\C(=C)C(=C)C)C(=O)C(C)CC. The summed E-state index contributed by atoms with van der Waals surface area (Å²) in [6, 6.07) is 0. The van der Waals surface area contributed by atoms with Gasteiger partial charge in [-0.05, 0) is 31.4 Å². The number of rotatable bonds is 11. The smallest absolute Gasteiger partial charge is 0.222 e. The lowest BCUT2D eigenvalue weighted by Gasteiger charge is -2.27. The van der Waals surface area contributed by atoms with Crippen LogP contribution in [0.15, 0.2) is 48.2 Å². The Morgan fingerprint density at radius 1 is 1.26 bits per heavy atom. The van der Waals surface area contributed by atoms with Gasteiger partial charge in [0.25, 0.3) is 0 Å². The lowest BCUT2D eigenvalue weighted by molar-refractivity contribution is -0.131. The number of hydrogen-bond donors (Lipinski definition) is 2. The van der Waals surface area contributed by atoms with Gasteiger partial charge in [-0.3, -0.25) is 9.59 Å². The van der Waals surface area contributed by atoms with E-state index in [1.54, 1.807) is 6.08 Å². The fraction of sp³-hybridized carbons (Fsp3) is 0.545. The van der Waals surface area contributed by atoms with Crippen LogP contribution >= 0.6 is 0 Å². The Kier molecular flexibility index (Phi) is 9.79. The highest BCUT2D eigenvalue weighted by Gasteiger charge is 2.22. The monoisotopic (exact) mass is 373 g/mol. The van der Waals surface area contributed by atoms with Crippen LogP contribution in [0.2, 0.25) is 0 Å². The number of nitrogens with one attached hydrogen (secondary N) is 2. The highest BCUT2D eigenvalue weighted by atomic mass is 16.2. The van der Waals surface area contributed by atoms with E-state index in [9.17, 15) is 9.59 Å². The molecule has 1 unspecified atom stereocenters. The lowest BCUT2D eigenvalue weighted by Crippen LogP contribution is -2.46. The summed E-state index contributed by atoms with van der Waals surface area (Å²) in [5.74, 6) is 0.136. The number of carbonyl (C=O) groups excluding carboxylic acids is 2. The highest BCUT2D eigenvalue weighted by molar-refractivity contribution is 6.02. The van der Waals surface area contributed by atoms with E-state index in [0.29, 0.717) is 36.2 Å². The van der Waals surface area contributed by atoms with Crippen molar-refractivity contribution in [2.24, 2.45) is 5.92 Å². The molecule has 1 heterocycles. The van der Waals surface area contributed by atoms with Crippen molar-refractivity contribution in [1.82, 2.24) is 15.5 Å². The van der Waals surface area contributed by atoms with Crippen LogP contribution in [0, 0.1) is 5.92 Å². The third kappa shape index (κ3) is 6.83. The average Bonchev–Trinajstić information content (AvgIpc) is 2.69. The number of ketones is 1. The summed E-state index contributed by atoms with van der Waals surface area (Å²) in [5, 5.41) is 6.52. The Balaban J connectivity index is 2.76. The molecule has 1 saturated heterocycles. The molecule has 0 aliphatic carbocycles. The molecule has 27 heavy (non-hydrogen) atoms. The molecule has 0 aromatic heterocycles. The number of carbonyl (C=O) groups is 2. The molecule has 150 valence electrons. The van der Waals surface area contributed by atoms with Crippen LogP contribution in [-0.2, 0) is 9.59 Å².